The van der Waals surface area contributed by atoms with E-state index in [9.17, 15) is 9.18 Å². The van der Waals surface area contributed by atoms with Crippen LogP contribution in [0.2, 0.25) is 5.02 Å². The molecule has 0 heterocycles. The van der Waals surface area contributed by atoms with Gasteiger partial charge < -0.3 is 4.90 Å². The molecule has 0 fully saturated rings. The second-order valence-electron chi connectivity index (χ2n) is 4.64. The van der Waals surface area contributed by atoms with Crippen LogP contribution in [0.1, 0.15) is 32.4 Å². The Morgan fingerprint density at radius 2 is 2.11 bits per heavy atom. The van der Waals surface area contributed by atoms with Crippen molar-refractivity contribution in [2.45, 2.75) is 32.9 Å². The van der Waals surface area contributed by atoms with Crippen LogP contribution in [0.3, 0.4) is 0 Å². The summed E-state index contributed by atoms with van der Waals surface area (Å²) in [6, 6.07) is 4.20. The highest BCUT2D eigenvalue weighted by atomic mass is 35.5. The number of hydrogen-bond donors (Lipinski definition) is 1. The van der Waals surface area contributed by atoms with E-state index in [0.29, 0.717) is 6.54 Å². The van der Waals surface area contributed by atoms with Gasteiger partial charge in [-0.3, -0.25) is 10.1 Å². The highest BCUT2D eigenvalue weighted by Crippen LogP contribution is 2.21. The smallest absolute Gasteiger partial charge is 0.239 e. The third-order valence-corrected chi connectivity index (χ3v) is 3.45. The van der Waals surface area contributed by atoms with Gasteiger partial charge in [0.05, 0.1) is 11.1 Å². The average Bonchev–Trinajstić information content (AvgIpc) is 2.39. The summed E-state index contributed by atoms with van der Waals surface area (Å²) in [4.78, 5) is 13.6. The third kappa shape index (κ3) is 4.18. The molecule has 0 spiro atoms. The molecule has 0 aliphatic heterocycles. The minimum atomic E-state index is -0.438. The molecule has 0 aromatic heterocycles. The predicted molar refractivity (Wildman–Crippen MR) is 75.7 cm³/mol. The summed E-state index contributed by atoms with van der Waals surface area (Å²) in [5.74, 6) is -0.407. The van der Waals surface area contributed by atoms with Crippen molar-refractivity contribution >= 4 is 17.5 Å². The SMILES string of the molecule is CCN(C)C(=O)C(C)NC(C)c1ccc(F)c(Cl)c1. The molecule has 1 N–H and O–H groups in total. The number of amides is 1. The topological polar surface area (TPSA) is 32.3 Å². The molecule has 106 valence electrons. The number of carbonyl (C=O) groups is 1. The summed E-state index contributed by atoms with van der Waals surface area (Å²) in [5, 5.41) is 3.28. The van der Waals surface area contributed by atoms with Crippen LogP contribution in [0.15, 0.2) is 18.2 Å². The second kappa shape index (κ2) is 6.87. The Morgan fingerprint density at radius 3 is 2.63 bits per heavy atom. The van der Waals surface area contributed by atoms with Gasteiger partial charge in [-0.25, -0.2) is 4.39 Å². The van der Waals surface area contributed by atoms with Crippen molar-refractivity contribution in [2.75, 3.05) is 13.6 Å². The number of halogens is 2. The third-order valence-electron chi connectivity index (χ3n) is 3.16. The number of benzene rings is 1. The van der Waals surface area contributed by atoms with Crippen molar-refractivity contribution in [3.8, 4) is 0 Å². The van der Waals surface area contributed by atoms with E-state index >= 15 is 0 Å². The fourth-order valence-electron chi connectivity index (χ4n) is 1.81. The number of likely N-dealkylation sites (N-methyl/N-ethyl adjacent to an activating group) is 1. The van der Waals surface area contributed by atoms with Crippen molar-refractivity contribution in [2.24, 2.45) is 0 Å². The summed E-state index contributed by atoms with van der Waals surface area (Å²) in [6.07, 6.45) is 0. The number of carbonyl (C=O) groups excluding carboxylic acids is 1. The summed E-state index contributed by atoms with van der Waals surface area (Å²) in [7, 11) is 1.76. The normalized spacial score (nSPS) is 14.0. The zero-order chi connectivity index (χ0) is 14.6. The largest absolute Gasteiger partial charge is 0.345 e. The van der Waals surface area contributed by atoms with Crippen LogP contribution in [0, 0.1) is 5.82 Å². The van der Waals surface area contributed by atoms with Gasteiger partial charge in [-0.05, 0) is 38.5 Å². The van der Waals surface area contributed by atoms with Gasteiger partial charge in [0.2, 0.25) is 5.91 Å². The molecule has 0 aliphatic rings. The van der Waals surface area contributed by atoms with E-state index in [0.717, 1.165) is 5.56 Å². The van der Waals surface area contributed by atoms with Crippen LogP contribution in [-0.2, 0) is 4.79 Å². The molecule has 0 saturated heterocycles. The zero-order valence-corrected chi connectivity index (χ0v) is 12.5. The minimum absolute atomic E-state index is 0.0301. The van der Waals surface area contributed by atoms with Gasteiger partial charge in [0, 0.05) is 19.6 Å². The summed E-state index contributed by atoms with van der Waals surface area (Å²) in [6.45, 7) is 6.32. The molecular formula is C14H20ClFN2O. The van der Waals surface area contributed by atoms with Crippen molar-refractivity contribution in [1.29, 1.82) is 0 Å². The first-order valence-electron chi connectivity index (χ1n) is 6.32. The van der Waals surface area contributed by atoms with Gasteiger partial charge in [-0.2, -0.15) is 0 Å². The summed E-state index contributed by atoms with van der Waals surface area (Å²) in [5.41, 5.74) is 0.852. The maximum absolute atomic E-state index is 13.1. The predicted octanol–water partition coefficient (Wildman–Crippen LogP) is 3.00. The Hall–Kier alpha value is -1.13. The molecule has 3 nitrogen and oxygen atoms in total. The van der Waals surface area contributed by atoms with Gasteiger partial charge in [0.15, 0.2) is 0 Å². The van der Waals surface area contributed by atoms with Gasteiger partial charge >= 0.3 is 0 Å². The highest BCUT2D eigenvalue weighted by molar-refractivity contribution is 6.30. The monoisotopic (exact) mass is 286 g/mol. The van der Waals surface area contributed by atoms with Crippen LogP contribution in [-0.4, -0.2) is 30.4 Å². The highest BCUT2D eigenvalue weighted by Gasteiger charge is 2.19. The van der Waals surface area contributed by atoms with Crippen LogP contribution in [0.5, 0.6) is 0 Å². The van der Waals surface area contributed by atoms with E-state index in [1.807, 2.05) is 20.8 Å². The molecule has 2 atom stereocenters. The fourth-order valence-corrected chi connectivity index (χ4v) is 2.00. The lowest BCUT2D eigenvalue weighted by atomic mass is 10.1. The lowest BCUT2D eigenvalue weighted by Gasteiger charge is -2.24. The summed E-state index contributed by atoms with van der Waals surface area (Å²) < 4.78 is 13.1. The first-order valence-corrected chi connectivity index (χ1v) is 6.70. The molecule has 0 saturated carbocycles. The molecule has 0 radical (unpaired) electrons. The standard InChI is InChI=1S/C14H20ClFN2O/c1-5-18(4)14(19)10(3)17-9(2)11-6-7-13(16)12(15)8-11/h6-10,17H,5H2,1-4H3. The molecule has 1 aromatic carbocycles. The van der Waals surface area contributed by atoms with E-state index < -0.39 is 5.82 Å². The maximum Gasteiger partial charge on any atom is 0.239 e. The quantitative estimate of drug-likeness (QED) is 0.902. The van der Waals surface area contributed by atoms with Crippen molar-refractivity contribution in [3.63, 3.8) is 0 Å². The molecule has 2 unspecified atom stereocenters. The van der Waals surface area contributed by atoms with Crippen LogP contribution in [0.4, 0.5) is 4.39 Å². The fraction of sp³-hybridized carbons (Fsp3) is 0.500. The Labute approximate surface area is 118 Å². The van der Waals surface area contributed by atoms with Gasteiger partial charge in [0.1, 0.15) is 5.82 Å². The number of hydrogen-bond acceptors (Lipinski definition) is 2. The van der Waals surface area contributed by atoms with E-state index in [2.05, 4.69) is 5.32 Å². The first kappa shape index (κ1) is 15.9. The summed E-state index contributed by atoms with van der Waals surface area (Å²) >= 11 is 5.75. The van der Waals surface area contributed by atoms with E-state index in [-0.39, 0.29) is 23.0 Å². The maximum atomic E-state index is 13.1. The van der Waals surface area contributed by atoms with Crippen LogP contribution < -0.4 is 5.32 Å². The Kier molecular flexibility index (Phi) is 5.76. The molecule has 0 bridgehead atoms. The average molecular weight is 287 g/mol. The number of rotatable bonds is 5. The first-order chi connectivity index (χ1) is 8.86. The lowest BCUT2D eigenvalue weighted by Crippen LogP contribution is -2.43. The molecule has 5 heteroatoms. The minimum Gasteiger partial charge on any atom is -0.345 e. The Morgan fingerprint density at radius 1 is 1.47 bits per heavy atom. The van der Waals surface area contributed by atoms with E-state index in [4.69, 9.17) is 11.6 Å². The van der Waals surface area contributed by atoms with E-state index in [1.165, 1.54) is 6.07 Å². The van der Waals surface area contributed by atoms with Crippen LogP contribution in [0.25, 0.3) is 0 Å². The molecule has 1 aromatic rings. The Balaban J connectivity index is 2.71. The molecule has 19 heavy (non-hydrogen) atoms. The van der Waals surface area contributed by atoms with Gasteiger partial charge in [0.25, 0.3) is 0 Å². The van der Waals surface area contributed by atoms with Crippen molar-refractivity contribution < 1.29 is 9.18 Å². The zero-order valence-electron chi connectivity index (χ0n) is 11.7. The molecular weight excluding hydrogens is 267 g/mol. The lowest BCUT2D eigenvalue weighted by molar-refractivity contribution is -0.131. The van der Waals surface area contributed by atoms with Crippen molar-refractivity contribution in [3.05, 3.63) is 34.6 Å². The molecule has 1 rings (SSSR count). The van der Waals surface area contributed by atoms with Gasteiger partial charge in [-0.1, -0.05) is 17.7 Å². The van der Waals surface area contributed by atoms with E-state index in [1.54, 1.807) is 24.1 Å². The molecule has 0 aliphatic carbocycles. The Bertz CT molecular complexity index is 453. The molecule has 1 amide bonds. The number of nitrogens with zero attached hydrogens (tertiary/aromatic N) is 1. The van der Waals surface area contributed by atoms with Crippen LogP contribution >= 0.6 is 11.6 Å². The van der Waals surface area contributed by atoms with Crippen molar-refractivity contribution in [1.82, 2.24) is 10.2 Å². The number of nitrogens with one attached hydrogen (secondary N) is 1. The van der Waals surface area contributed by atoms with Gasteiger partial charge in [-0.15, -0.1) is 0 Å². The second-order valence-corrected chi connectivity index (χ2v) is 5.04.